The molecule has 5 rings (SSSR count). The molecule has 0 aliphatic carbocycles. The van der Waals surface area contributed by atoms with E-state index in [-0.39, 0.29) is 24.3 Å². The molecule has 1 N–H and O–H groups in total. The van der Waals surface area contributed by atoms with E-state index in [2.05, 4.69) is 10.3 Å². The molecule has 8 nitrogen and oxygen atoms in total. The number of carbonyl (C=O) groups excluding carboxylic acids is 2. The van der Waals surface area contributed by atoms with Crippen molar-refractivity contribution in [2.75, 3.05) is 19.0 Å². The van der Waals surface area contributed by atoms with Crippen molar-refractivity contribution >= 4 is 51.7 Å². The fourth-order valence-corrected chi connectivity index (χ4v) is 5.66. The number of nitrogens with one attached hydrogen (secondary N) is 1. The molecule has 200 valence electrons. The fourth-order valence-electron chi connectivity index (χ4n) is 4.40. The Labute approximate surface area is 236 Å². The Morgan fingerprint density at radius 1 is 1.10 bits per heavy atom. The predicted octanol–water partition coefficient (Wildman–Crippen LogP) is 5.93. The third kappa shape index (κ3) is 6.26. The summed E-state index contributed by atoms with van der Waals surface area (Å²) in [4.78, 5) is 29.9. The van der Waals surface area contributed by atoms with E-state index in [1.807, 2.05) is 55.5 Å². The number of nitrogens with zero attached hydrogens (tertiary/aromatic N) is 3. The molecule has 3 aromatic carbocycles. The number of benzene rings is 3. The molecule has 0 spiro atoms. The van der Waals surface area contributed by atoms with Gasteiger partial charge in [-0.15, -0.1) is 0 Å². The predicted molar refractivity (Wildman–Crippen MR) is 155 cm³/mol. The third-order valence-corrected chi connectivity index (χ3v) is 7.69. The average molecular weight is 563 g/mol. The molecule has 2 heterocycles. The molecule has 39 heavy (non-hydrogen) atoms. The van der Waals surface area contributed by atoms with E-state index in [1.54, 1.807) is 36.4 Å². The lowest BCUT2D eigenvalue weighted by Crippen LogP contribution is -2.25. The zero-order chi connectivity index (χ0) is 27.4. The summed E-state index contributed by atoms with van der Waals surface area (Å²) in [7, 11) is 1.63. The van der Waals surface area contributed by atoms with Gasteiger partial charge in [-0.25, -0.2) is 5.01 Å². The van der Waals surface area contributed by atoms with Crippen LogP contribution >= 0.6 is 23.4 Å². The van der Waals surface area contributed by atoms with Crippen LogP contribution in [0.1, 0.15) is 36.9 Å². The Morgan fingerprint density at radius 3 is 2.54 bits per heavy atom. The van der Waals surface area contributed by atoms with Crippen molar-refractivity contribution in [1.82, 2.24) is 5.01 Å². The Balaban J connectivity index is 1.31. The molecular weight excluding hydrogens is 536 g/mol. The summed E-state index contributed by atoms with van der Waals surface area (Å²) >= 11 is 7.56. The topological polar surface area (TPSA) is 92.6 Å². The van der Waals surface area contributed by atoms with Crippen LogP contribution in [0.3, 0.4) is 0 Å². The van der Waals surface area contributed by atoms with Crippen molar-refractivity contribution < 1.29 is 19.1 Å². The number of rotatable bonds is 8. The van der Waals surface area contributed by atoms with E-state index in [1.165, 1.54) is 11.8 Å². The van der Waals surface area contributed by atoms with Crippen LogP contribution in [0.4, 0.5) is 5.69 Å². The molecule has 3 aromatic rings. The molecule has 0 radical (unpaired) electrons. The van der Waals surface area contributed by atoms with Gasteiger partial charge in [0.2, 0.25) is 5.91 Å². The van der Waals surface area contributed by atoms with Crippen LogP contribution < -0.4 is 14.8 Å². The number of amidine groups is 1. The van der Waals surface area contributed by atoms with Crippen LogP contribution in [0.5, 0.6) is 11.5 Å². The van der Waals surface area contributed by atoms with Crippen LogP contribution in [0.15, 0.2) is 82.9 Å². The first-order chi connectivity index (χ1) is 18.9. The van der Waals surface area contributed by atoms with Gasteiger partial charge in [0.05, 0.1) is 25.5 Å². The second kappa shape index (κ2) is 11.9. The minimum absolute atomic E-state index is 0.00552. The standard InChI is InChI=1S/C29H27ClN4O4S/c1-3-38-23-13-9-21(10-14-23)31-27(35)17-26-28(36)32-29(39-26)34-25(19-5-4-6-20(30)15-19)16-24(33-34)18-7-11-22(37-2)12-8-18/h4-15,25-26H,3,16-17H2,1-2H3,(H,31,35)/t25-,26-/m0/s1. The van der Waals surface area contributed by atoms with Crippen LogP contribution in [-0.4, -0.2) is 46.7 Å². The maximum atomic E-state index is 12.9. The van der Waals surface area contributed by atoms with Gasteiger partial charge in [0, 0.05) is 23.6 Å². The van der Waals surface area contributed by atoms with Gasteiger partial charge in [0.25, 0.3) is 5.91 Å². The van der Waals surface area contributed by atoms with Crippen LogP contribution in [0, 0.1) is 0 Å². The number of hydrogen-bond acceptors (Lipinski definition) is 7. The van der Waals surface area contributed by atoms with E-state index < -0.39 is 5.25 Å². The molecule has 2 amide bonds. The quantitative estimate of drug-likeness (QED) is 0.366. The molecule has 0 unspecified atom stereocenters. The lowest BCUT2D eigenvalue weighted by Gasteiger charge is -2.23. The number of ether oxygens (including phenoxy) is 2. The Kier molecular flexibility index (Phi) is 8.18. The molecule has 2 atom stereocenters. The third-order valence-electron chi connectivity index (χ3n) is 6.31. The van der Waals surface area contributed by atoms with E-state index >= 15 is 0 Å². The van der Waals surface area contributed by atoms with Gasteiger partial charge < -0.3 is 14.8 Å². The van der Waals surface area contributed by atoms with Crippen LogP contribution in [-0.2, 0) is 9.59 Å². The lowest BCUT2D eigenvalue weighted by molar-refractivity contribution is -0.121. The summed E-state index contributed by atoms with van der Waals surface area (Å²) in [6.45, 7) is 2.47. The molecular formula is C29H27ClN4O4S. The first kappa shape index (κ1) is 26.8. The largest absolute Gasteiger partial charge is 0.497 e. The zero-order valence-corrected chi connectivity index (χ0v) is 23.0. The van der Waals surface area contributed by atoms with E-state index in [0.29, 0.717) is 28.9 Å². The minimum Gasteiger partial charge on any atom is -0.497 e. The van der Waals surface area contributed by atoms with E-state index in [4.69, 9.17) is 26.2 Å². The molecule has 0 fully saturated rings. The Bertz CT molecular complexity index is 1430. The second-order valence-corrected chi connectivity index (χ2v) is 10.5. The highest BCUT2D eigenvalue weighted by molar-refractivity contribution is 8.15. The summed E-state index contributed by atoms with van der Waals surface area (Å²) in [6, 6.07) is 22.2. The van der Waals surface area contributed by atoms with Crippen LogP contribution in [0.2, 0.25) is 5.02 Å². The Hall–Kier alpha value is -3.82. The number of hydrazone groups is 1. The van der Waals surface area contributed by atoms with Gasteiger partial charge >= 0.3 is 0 Å². The van der Waals surface area contributed by atoms with Gasteiger partial charge in [-0.2, -0.15) is 10.1 Å². The van der Waals surface area contributed by atoms with Crippen molar-refractivity contribution in [3.05, 3.63) is 88.9 Å². The number of carbonyl (C=O) groups is 2. The van der Waals surface area contributed by atoms with Crippen molar-refractivity contribution in [2.45, 2.75) is 31.1 Å². The number of aliphatic imine (C=N–C) groups is 1. The van der Waals surface area contributed by atoms with Gasteiger partial charge in [0.15, 0.2) is 5.17 Å². The highest BCUT2D eigenvalue weighted by atomic mass is 35.5. The van der Waals surface area contributed by atoms with Gasteiger partial charge in [0.1, 0.15) is 16.7 Å². The number of anilines is 1. The molecule has 0 saturated carbocycles. The molecule has 2 aliphatic heterocycles. The number of thioether (sulfide) groups is 1. The molecule has 10 heteroatoms. The van der Waals surface area contributed by atoms with Gasteiger partial charge in [-0.3, -0.25) is 9.59 Å². The first-order valence-corrected chi connectivity index (χ1v) is 13.8. The Morgan fingerprint density at radius 2 is 1.85 bits per heavy atom. The summed E-state index contributed by atoms with van der Waals surface area (Å²) in [5.74, 6) is 0.865. The molecule has 0 saturated heterocycles. The van der Waals surface area contributed by atoms with Crippen molar-refractivity contribution in [1.29, 1.82) is 0 Å². The average Bonchev–Trinajstić information content (AvgIpc) is 3.54. The summed E-state index contributed by atoms with van der Waals surface area (Å²) in [6.07, 6.45) is 0.595. The normalized spacial score (nSPS) is 18.5. The maximum absolute atomic E-state index is 12.9. The number of halogens is 1. The summed E-state index contributed by atoms with van der Waals surface area (Å²) in [5.41, 5.74) is 3.40. The first-order valence-electron chi connectivity index (χ1n) is 12.5. The summed E-state index contributed by atoms with van der Waals surface area (Å²) in [5, 5.41) is 9.94. The second-order valence-electron chi connectivity index (χ2n) is 8.94. The monoisotopic (exact) mass is 562 g/mol. The van der Waals surface area contributed by atoms with Crippen molar-refractivity contribution in [3.63, 3.8) is 0 Å². The molecule has 2 aliphatic rings. The SMILES string of the molecule is CCOc1ccc(NC(=O)C[C@@H]2SC(N3N=C(c4ccc(OC)cc4)C[C@H]3c3cccc(Cl)c3)=NC2=O)cc1. The maximum Gasteiger partial charge on any atom is 0.262 e. The number of hydrogen-bond donors (Lipinski definition) is 1. The highest BCUT2D eigenvalue weighted by Gasteiger charge is 2.39. The smallest absolute Gasteiger partial charge is 0.262 e. The van der Waals surface area contributed by atoms with Crippen molar-refractivity contribution in [2.24, 2.45) is 10.1 Å². The molecule has 0 aromatic heterocycles. The number of amides is 2. The minimum atomic E-state index is -0.636. The molecule has 0 bridgehead atoms. The summed E-state index contributed by atoms with van der Waals surface area (Å²) < 4.78 is 10.7. The van der Waals surface area contributed by atoms with Crippen molar-refractivity contribution in [3.8, 4) is 11.5 Å². The van der Waals surface area contributed by atoms with E-state index in [9.17, 15) is 9.59 Å². The highest BCUT2D eigenvalue weighted by Crippen LogP contribution is 2.39. The van der Waals surface area contributed by atoms with Gasteiger partial charge in [-0.1, -0.05) is 35.5 Å². The van der Waals surface area contributed by atoms with Gasteiger partial charge in [-0.05, 0) is 78.7 Å². The van der Waals surface area contributed by atoms with E-state index in [0.717, 1.165) is 28.3 Å². The van der Waals surface area contributed by atoms with Crippen LogP contribution in [0.25, 0.3) is 0 Å². The fraction of sp³-hybridized carbons (Fsp3) is 0.241. The number of methoxy groups -OCH3 is 1. The zero-order valence-electron chi connectivity index (χ0n) is 21.5. The lowest BCUT2D eigenvalue weighted by atomic mass is 9.98.